The zero-order valence-corrected chi connectivity index (χ0v) is 12.2. The van der Waals surface area contributed by atoms with Crippen LogP contribution in [0.3, 0.4) is 0 Å². The van der Waals surface area contributed by atoms with Crippen LogP contribution in [0.4, 0.5) is 48.3 Å². The Morgan fingerprint density at radius 2 is 1.08 bits per heavy atom. The number of aryl methyl sites for hydroxylation is 1. The molecule has 1 aromatic rings. The van der Waals surface area contributed by atoms with Gasteiger partial charge in [0.05, 0.1) is 0 Å². The van der Waals surface area contributed by atoms with Crippen LogP contribution in [0.25, 0.3) is 0 Å². The van der Waals surface area contributed by atoms with Crippen LogP contribution >= 0.6 is 0 Å². The van der Waals surface area contributed by atoms with E-state index in [9.17, 15) is 48.3 Å². The molecule has 0 radical (unpaired) electrons. The topological polar surface area (TPSA) is 0 Å². The third-order valence-electron chi connectivity index (χ3n) is 3.40. The molecule has 0 nitrogen and oxygen atoms in total. The van der Waals surface area contributed by atoms with E-state index in [2.05, 4.69) is 0 Å². The molecule has 0 aliphatic rings. The average Bonchev–Trinajstić information content (AvgIpc) is 2.46. The van der Waals surface area contributed by atoms with Gasteiger partial charge in [-0.1, -0.05) is 30.3 Å². The highest BCUT2D eigenvalue weighted by Crippen LogP contribution is 2.58. The summed E-state index contributed by atoms with van der Waals surface area (Å²) in [5.74, 6) is -27.3. The van der Waals surface area contributed by atoms with Gasteiger partial charge >= 0.3 is 29.9 Å². The first-order valence-corrected chi connectivity index (χ1v) is 6.70. The fourth-order valence-corrected chi connectivity index (χ4v) is 1.92. The summed E-state index contributed by atoms with van der Waals surface area (Å²) in [5.41, 5.74) is 0.369. The highest BCUT2D eigenvalue weighted by Gasteiger charge is 2.86. The Kier molecular flexibility index (Phi) is 5.71. The van der Waals surface area contributed by atoms with E-state index in [4.69, 9.17) is 0 Å². The van der Waals surface area contributed by atoms with Crippen LogP contribution < -0.4 is 0 Å². The standard InChI is InChI=1S/C14H11F11/c15-10(16,8-4-7-9-5-2-1-3-6-9)11(17,18)12(19,20)13(21,22)14(23,24)25/h1-3,5-6H,4,7-8H2. The molecule has 0 unspecified atom stereocenters. The quantitative estimate of drug-likeness (QED) is 0.494. The van der Waals surface area contributed by atoms with Gasteiger partial charge in [0.25, 0.3) is 0 Å². The Labute approximate surface area is 134 Å². The fraction of sp³-hybridized carbons (Fsp3) is 0.571. The van der Waals surface area contributed by atoms with Crippen molar-refractivity contribution in [3.63, 3.8) is 0 Å². The van der Waals surface area contributed by atoms with Crippen molar-refractivity contribution in [1.82, 2.24) is 0 Å². The molecule has 0 aliphatic heterocycles. The maximum absolute atomic E-state index is 13.4. The van der Waals surface area contributed by atoms with Gasteiger partial charge in [-0.3, -0.25) is 0 Å². The molecule has 0 heterocycles. The van der Waals surface area contributed by atoms with Crippen molar-refractivity contribution >= 4 is 0 Å². The molecule has 0 atom stereocenters. The molecule has 0 aromatic heterocycles. The predicted molar refractivity (Wildman–Crippen MR) is 65.2 cm³/mol. The van der Waals surface area contributed by atoms with Crippen LogP contribution in [-0.4, -0.2) is 29.9 Å². The van der Waals surface area contributed by atoms with Crippen molar-refractivity contribution in [3.8, 4) is 0 Å². The molecule has 1 aromatic carbocycles. The van der Waals surface area contributed by atoms with Crippen LogP contribution in [0.2, 0.25) is 0 Å². The van der Waals surface area contributed by atoms with Crippen LogP contribution in [0.1, 0.15) is 18.4 Å². The summed E-state index contributed by atoms with van der Waals surface area (Å²) in [6, 6.07) is 7.30. The lowest BCUT2D eigenvalue weighted by atomic mass is 9.94. The second-order valence-corrected chi connectivity index (χ2v) is 5.26. The van der Waals surface area contributed by atoms with Gasteiger partial charge in [0.15, 0.2) is 0 Å². The highest BCUT2D eigenvalue weighted by molar-refractivity contribution is 5.15. The SMILES string of the molecule is FC(F)(F)C(F)(F)C(F)(F)C(F)(F)C(F)(F)CCCc1ccccc1. The molecule has 11 heteroatoms. The van der Waals surface area contributed by atoms with E-state index in [1.54, 1.807) is 6.07 Å². The van der Waals surface area contributed by atoms with Crippen molar-refractivity contribution in [2.75, 3.05) is 0 Å². The molecule has 0 N–H and O–H groups in total. The van der Waals surface area contributed by atoms with E-state index in [1.165, 1.54) is 24.3 Å². The van der Waals surface area contributed by atoms with Crippen LogP contribution in [0.15, 0.2) is 30.3 Å². The molecule has 0 saturated carbocycles. The van der Waals surface area contributed by atoms with Crippen LogP contribution in [0.5, 0.6) is 0 Å². The molecule has 0 fully saturated rings. The summed E-state index contributed by atoms with van der Waals surface area (Å²) in [4.78, 5) is 0. The van der Waals surface area contributed by atoms with Gasteiger partial charge < -0.3 is 0 Å². The Morgan fingerprint density at radius 3 is 1.52 bits per heavy atom. The minimum atomic E-state index is -7.33. The lowest BCUT2D eigenvalue weighted by Gasteiger charge is -2.37. The molecular weight excluding hydrogens is 377 g/mol. The van der Waals surface area contributed by atoms with Gasteiger partial charge in [0.1, 0.15) is 0 Å². The van der Waals surface area contributed by atoms with E-state index in [-0.39, 0.29) is 6.42 Å². The summed E-state index contributed by atoms with van der Waals surface area (Å²) in [5, 5.41) is 0. The van der Waals surface area contributed by atoms with E-state index in [0.717, 1.165) is 0 Å². The Bertz CT molecular complexity index is 560. The molecule has 0 saturated heterocycles. The van der Waals surface area contributed by atoms with E-state index in [0.29, 0.717) is 5.56 Å². The molecule has 25 heavy (non-hydrogen) atoms. The lowest BCUT2D eigenvalue weighted by Crippen LogP contribution is -2.66. The van der Waals surface area contributed by atoms with Gasteiger partial charge in [0.2, 0.25) is 0 Å². The third kappa shape index (κ3) is 3.84. The second kappa shape index (κ2) is 6.64. The first-order valence-electron chi connectivity index (χ1n) is 6.70. The van der Waals surface area contributed by atoms with E-state index >= 15 is 0 Å². The summed E-state index contributed by atoms with van der Waals surface area (Å²) >= 11 is 0. The summed E-state index contributed by atoms with van der Waals surface area (Å²) in [6.45, 7) is 0. The zero-order chi connectivity index (χ0) is 19.7. The van der Waals surface area contributed by atoms with Gasteiger partial charge in [-0.15, -0.1) is 0 Å². The molecule has 0 aliphatic carbocycles. The van der Waals surface area contributed by atoms with E-state index < -0.39 is 42.7 Å². The summed E-state index contributed by atoms with van der Waals surface area (Å²) in [6.07, 6.45) is -10.2. The molecule has 1 rings (SSSR count). The highest BCUT2D eigenvalue weighted by atomic mass is 19.4. The first-order chi connectivity index (χ1) is 11.1. The largest absolute Gasteiger partial charge is 0.460 e. The number of alkyl halides is 11. The van der Waals surface area contributed by atoms with Crippen LogP contribution in [-0.2, 0) is 6.42 Å². The second-order valence-electron chi connectivity index (χ2n) is 5.26. The third-order valence-corrected chi connectivity index (χ3v) is 3.40. The molecule has 0 bridgehead atoms. The van der Waals surface area contributed by atoms with Crippen LogP contribution in [0, 0.1) is 0 Å². The Morgan fingerprint density at radius 1 is 0.600 bits per heavy atom. The minimum absolute atomic E-state index is 0.284. The van der Waals surface area contributed by atoms with Crippen molar-refractivity contribution in [3.05, 3.63) is 35.9 Å². The molecule has 0 amide bonds. The Hall–Kier alpha value is -1.55. The van der Waals surface area contributed by atoms with Crippen molar-refractivity contribution in [2.24, 2.45) is 0 Å². The van der Waals surface area contributed by atoms with Crippen molar-refractivity contribution in [2.45, 2.75) is 49.1 Å². The minimum Gasteiger partial charge on any atom is -0.200 e. The van der Waals surface area contributed by atoms with E-state index in [1.807, 2.05) is 0 Å². The maximum Gasteiger partial charge on any atom is 0.460 e. The summed E-state index contributed by atoms with van der Waals surface area (Å²) in [7, 11) is 0. The fourth-order valence-electron chi connectivity index (χ4n) is 1.92. The van der Waals surface area contributed by atoms with Gasteiger partial charge in [-0.05, 0) is 18.4 Å². The molecule has 144 valence electrons. The van der Waals surface area contributed by atoms with Crippen molar-refractivity contribution in [1.29, 1.82) is 0 Å². The first kappa shape index (κ1) is 21.5. The number of hydrogen-bond acceptors (Lipinski definition) is 0. The number of rotatable bonds is 7. The average molecular weight is 388 g/mol. The maximum atomic E-state index is 13.4. The Balaban J connectivity index is 2.96. The number of benzene rings is 1. The van der Waals surface area contributed by atoms with Gasteiger partial charge in [-0.2, -0.15) is 48.3 Å². The summed E-state index contributed by atoms with van der Waals surface area (Å²) < 4.78 is 140. The smallest absolute Gasteiger partial charge is 0.200 e. The normalized spacial score (nSPS) is 14.7. The van der Waals surface area contributed by atoms with Crippen molar-refractivity contribution < 1.29 is 48.3 Å². The lowest BCUT2D eigenvalue weighted by molar-refractivity contribution is -0.422. The predicted octanol–water partition coefficient (Wildman–Crippen LogP) is 6.11. The van der Waals surface area contributed by atoms with Gasteiger partial charge in [0, 0.05) is 6.42 Å². The molecular formula is C14H11F11. The number of halogens is 11. The molecule has 0 spiro atoms. The van der Waals surface area contributed by atoms with Gasteiger partial charge in [-0.25, -0.2) is 0 Å². The zero-order valence-electron chi connectivity index (χ0n) is 12.2. The number of hydrogen-bond donors (Lipinski definition) is 0. The monoisotopic (exact) mass is 388 g/mol.